The van der Waals surface area contributed by atoms with E-state index in [1.165, 1.54) is 12.1 Å². The van der Waals surface area contributed by atoms with Crippen LogP contribution in [-0.2, 0) is 11.0 Å². The van der Waals surface area contributed by atoms with Crippen molar-refractivity contribution in [3.8, 4) is 0 Å². The Balaban J connectivity index is 1.57. The van der Waals surface area contributed by atoms with E-state index in [9.17, 15) is 18.0 Å². The molecule has 144 valence electrons. The topological polar surface area (TPSA) is 48.5 Å². The highest BCUT2D eigenvalue weighted by atomic mass is 19.4. The molecular formula is C19H21F3N4O. The molecule has 5 nitrogen and oxygen atoms in total. The van der Waals surface area contributed by atoms with Crippen molar-refractivity contribution in [3.63, 3.8) is 0 Å². The highest BCUT2D eigenvalue weighted by molar-refractivity contribution is 5.94. The largest absolute Gasteiger partial charge is 0.416 e. The van der Waals surface area contributed by atoms with Gasteiger partial charge in [0.25, 0.3) is 0 Å². The van der Waals surface area contributed by atoms with Gasteiger partial charge in [0.2, 0.25) is 5.91 Å². The van der Waals surface area contributed by atoms with Gasteiger partial charge in [-0.05, 0) is 37.3 Å². The predicted molar refractivity (Wildman–Crippen MR) is 97.6 cm³/mol. The van der Waals surface area contributed by atoms with Gasteiger partial charge in [0.05, 0.1) is 11.6 Å². The third-order valence-corrected chi connectivity index (χ3v) is 4.67. The zero-order valence-corrected chi connectivity index (χ0v) is 14.9. The number of hydrogen-bond donors (Lipinski definition) is 1. The zero-order valence-electron chi connectivity index (χ0n) is 14.9. The fourth-order valence-electron chi connectivity index (χ4n) is 3.06. The van der Waals surface area contributed by atoms with E-state index in [-0.39, 0.29) is 11.6 Å². The predicted octanol–water partition coefficient (Wildman–Crippen LogP) is 3.25. The maximum absolute atomic E-state index is 12.8. The van der Waals surface area contributed by atoms with Gasteiger partial charge in [0, 0.05) is 38.1 Å². The molecule has 3 rings (SSSR count). The Hall–Kier alpha value is -2.61. The monoisotopic (exact) mass is 378 g/mol. The lowest BCUT2D eigenvalue weighted by Crippen LogP contribution is -2.53. The smallest absolute Gasteiger partial charge is 0.354 e. The molecule has 0 radical (unpaired) electrons. The molecule has 0 unspecified atom stereocenters. The van der Waals surface area contributed by atoms with Gasteiger partial charge in [-0.3, -0.25) is 9.69 Å². The molecule has 1 aliphatic heterocycles. The van der Waals surface area contributed by atoms with Crippen LogP contribution in [0.5, 0.6) is 0 Å². The highest BCUT2D eigenvalue weighted by Gasteiger charge is 2.31. The molecule has 1 aromatic carbocycles. The van der Waals surface area contributed by atoms with Crippen LogP contribution in [0.3, 0.4) is 0 Å². The van der Waals surface area contributed by atoms with Crippen molar-refractivity contribution < 1.29 is 18.0 Å². The van der Waals surface area contributed by atoms with E-state index in [4.69, 9.17) is 0 Å². The highest BCUT2D eigenvalue weighted by Crippen LogP contribution is 2.30. The van der Waals surface area contributed by atoms with E-state index in [2.05, 4.69) is 15.2 Å². The van der Waals surface area contributed by atoms with Crippen molar-refractivity contribution >= 4 is 17.4 Å². The van der Waals surface area contributed by atoms with Crippen LogP contribution in [0.4, 0.5) is 24.7 Å². The number of rotatable bonds is 4. The third kappa shape index (κ3) is 4.77. The molecule has 8 heteroatoms. The fourth-order valence-corrected chi connectivity index (χ4v) is 3.06. The van der Waals surface area contributed by atoms with Crippen LogP contribution in [0.25, 0.3) is 0 Å². The molecule has 1 amide bonds. The van der Waals surface area contributed by atoms with Gasteiger partial charge in [0.1, 0.15) is 5.82 Å². The maximum Gasteiger partial charge on any atom is 0.416 e. The number of anilines is 2. The number of hydrogen-bond acceptors (Lipinski definition) is 4. The molecule has 1 saturated heterocycles. The van der Waals surface area contributed by atoms with Crippen LogP contribution in [0.1, 0.15) is 12.5 Å². The second kappa shape index (κ2) is 7.96. The average molecular weight is 378 g/mol. The first-order valence-electron chi connectivity index (χ1n) is 8.73. The van der Waals surface area contributed by atoms with Gasteiger partial charge in [-0.2, -0.15) is 13.2 Å². The number of amides is 1. The van der Waals surface area contributed by atoms with Crippen molar-refractivity contribution in [1.82, 2.24) is 9.88 Å². The van der Waals surface area contributed by atoms with Gasteiger partial charge in [-0.15, -0.1) is 0 Å². The molecule has 1 fully saturated rings. The number of nitrogens with zero attached hydrogens (tertiary/aromatic N) is 3. The van der Waals surface area contributed by atoms with E-state index in [1.807, 2.05) is 23.1 Å². The summed E-state index contributed by atoms with van der Waals surface area (Å²) in [6.45, 7) is 4.58. The van der Waals surface area contributed by atoms with Crippen molar-refractivity contribution in [3.05, 3.63) is 54.2 Å². The number of pyridine rings is 1. The molecule has 1 aliphatic rings. The summed E-state index contributed by atoms with van der Waals surface area (Å²) in [6, 6.07) is 9.97. The summed E-state index contributed by atoms with van der Waals surface area (Å²) in [5, 5.41) is 2.59. The molecule has 1 N–H and O–H groups in total. The van der Waals surface area contributed by atoms with Crippen molar-refractivity contribution in [1.29, 1.82) is 0 Å². The van der Waals surface area contributed by atoms with Crippen LogP contribution in [-0.4, -0.2) is 48.0 Å². The first kappa shape index (κ1) is 19.2. The number of carbonyl (C=O) groups is 1. The first-order valence-corrected chi connectivity index (χ1v) is 8.73. The SMILES string of the molecule is C[C@H](C(=O)Nc1cccc(C(F)(F)F)c1)N1CCN(c2ccccn2)CC1. The van der Waals surface area contributed by atoms with E-state index in [0.717, 1.165) is 31.0 Å². The van der Waals surface area contributed by atoms with Crippen LogP contribution >= 0.6 is 0 Å². The van der Waals surface area contributed by atoms with Crippen LogP contribution in [0, 0.1) is 0 Å². The molecule has 2 aromatic rings. The second-order valence-corrected chi connectivity index (χ2v) is 6.45. The zero-order chi connectivity index (χ0) is 19.4. The number of benzene rings is 1. The molecular weight excluding hydrogens is 357 g/mol. The van der Waals surface area contributed by atoms with Gasteiger partial charge in [0.15, 0.2) is 0 Å². The summed E-state index contributed by atoms with van der Waals surface area (Å²) < 4.78 is 38.4. The van der Waals surface area contributed by atoms with Crippen LogP contribution < -0.4 is 10.2 Å². The Labute approximate surface area is 155 Å². The second-order valence-electron chi connectivity index (χ2n) is 6.45. The quantitative estimate of drug-likeness (QED) is 0.887. The molecule has 1 atom stereocenters. The first-order chi connectivity index (χ1) is 12.8. The maximum atomic E-state index is 12.8. The molecule has 0 aliphatic carbocycles. The molecule has 2 heterocycles. The average Bonchev–Trinajstić information content (AvgIpc) is 2.68. The Kier molecular flexibility index (Phi) is 5.65. The fraction of sp³-hybridized carbons (Fsp3) is 0.368. The lowest BCUT2D eigenvalue weighted by atomic mass is 10.1. The lowest BCUT2D eigenvalue weighted by molar-refractivity contribution is -0.137. The van der Waals surface area contributed by atoms with E-state index < -0.39 is 17.8 Å². The van der Waals surface area contributed by atoms with Crippen molar-refractivity contribution in [2.75, 3.05) is 36.4 Å². The Morgan fingerprint density at radius 2 is 1.85 bits per heavy atom. The minimum atomic E-state index is -4.44. The van der Waals surface area contributed by atoms with Crippen LogP contribution in [0.2, 0.25) is 0 Å². The van der Waals surface area contributed by atoms with Crippen molar-refractivity contribution in [2.45, 2.75) is 19.1 Å². The standard InChI is InChI=1S/C19H21F3N4O/c1-14(18(27)24-16-6-4-5-15(13-16)19(20,21)22)25-9-11-26(12-10-25)17-7-2-3-8-23-17/h2-8,13-14H,9-12H2,1H3,(H,24,27)/t14-/m1/s1. The molecule has 0 spiro atoms. The van der Waals surface area contributed by atoms with E-state index >= 15 is 0 Å². The van der Waals surface area contributed by atoms with Gasteiger partial charge in [-0.25, -0.2) is 4.98 Å². The van der Waals surface area contributed by atoms with Gasteiger partial charge in [-0.1, -0.05) is 12.1 Å². The minimum Gasteiger partial charge on any atom is -0.354 e. The minimum absolute atomic E-state index is 0.147. The van der Waals surface area contributed by atoms with Crippen molar-refractivity contribution in [2.24, 2.45) is 0 Å². The number of carbonyl (C=O) groups excluding carboxylic acids is 1. The normalized spacial score (nSPS) is 16.8. The molecule has 27 heavy (non-hydrogen) atoms. The number of nitrogens with one attached hydrogen (secondary N) is 1. The number of piperazine rings is 1. The summed E-state index contributed by atoms with van der Waals surface area (Å²) >= 11 is 0. The number of aromatic nitrogens is 1. The van der Waals surface area contributed by atoms with E-state index in [1.54, 1.807) is 13.1 Å². The van der Waals surface area contributed by atoms with Gasteiger partial charge >= 0.3 is 6.18 Å². The summed E-state index contributed by atoms with van der Waals surface area (Å²) in [5.41, 5.74) is -0.634. The number of alkyl halides is 3. The Morgan fingerprint density at radius 1 is 1.11 bits per heavy atom. The van der Waals surface area contributed by atoms with E-state index in [0.29, 0.717) is 13.1 Å². The van der Waals surface area contributed by atoms with Crippen LogP contribution in [0.15, 0.2) is 48.7 Å². The number of halogens is 3. The summed E-state index contributed by atoms with van der Waals surface area (Å²) in [6.07, 6.45) is -2.69. The third-order valence-electron chi connectivity index (χ3n) is 4.67. The summed E-state index contributed by atoms with van der Waals surface area (Å²) in [5.74, 6) is 0.582. The summed E-state index contributed by atoms with van der Waals surface area (Å²) in [7, 11) is 0. The van der Waals surface area contributed by atoms with Gasteiger partial charge < -0.3 is 10.2 Å². The Morgan fingerprint density at radius 3 is 2.48 bits per heavy atom. The molecule has 1 aromatic heterocycles. The molecule has 0 bridgehead atoms. The molecule has 0 saturated carbocycles. The lowest BCUT2D eigenvalue weighted by Gasteiger charge is -2.37. The summed E-state index contributed by atoms with van der Waals surface area (Å²) in [4.78, 5) is 21.0. The Bertz CT molecular complexity index is 774.